The summed E-state index contributed by atoms with van der Waals surface area (Å²) in [5.74, 6) is 1.55. The molecule has 0 atom stereocenters. The topological polar surface area (TPSA) is 111 Å². The number of nitrogens with one attached hydrogen (secondary N) is 1. The minimum Gasteiger partial charge on any atom is -0.497 e. The summed E-state index contributed by atoms with van der Waals surface area (Å²) >= 11 is 0. The minimum absolute atomic E-state index is 0.0336. The number of carbonyl (C=O) groups excluding carboxylic acids is 2. The van der Waals surface area contributed by atoms with Crippen LogP contribution in [0.2, 0.25) is 0 Å². The Morgan fingerprint density at radius 3 is 2.45 bits per heavy atom. The first-order valence-corrected chi connectivity index (χ1v) is 11.1. The van der Waals surface area contributed by atoms with Crippen molar-refractivity contribution < 1.29 is 19.1 Å². The van der Waals surface area contributed by atoms with Gasteiger partial charge in [0.05, 0.1) is 19.3 Å². The summed E-state index contributed by atoms with van der Waals surface area (Å²) in [5.41, 5.74) is 7.80. The third-order valence-corrected chi connectivity index (χ3v) is 5.92. The van der Waals surface area contributed by atoms with Crippen LogP contribution < -0.4 is 15.2 Å². The van der Waals surface area contributed by atoms with Gasteiger partial charge in [0.25, 0.3) is 11.8 Å². The molecule has 2 amide bonds. The van der Waals surface area contributed by atoms with Gasteiger partial charge in [0.15, 0.2) is 0 Å². The highest BCUT2D eigenvalue weighted by Crippen LogP contribution is 2.32. The standard InChI is InChI=1S/C25H28N4O4/c1-3-33-20-7-5-4-6-19(20)25(31)29-14-12-17(13-15-29)24-27-21(22(28-24)23(26)30)16-8-10-18(32-2)11-9-16/h4-11,17H,3,12-15H2,1-2H3,(H2,26,30)(H,27,28). The average molecular weight is 449 g/mol. The smallest absolute Gasteiger partial charge is 0.267 e. The lowest BCUT2D eigenvalue weighted by molar-refractivity contribution is 0.0707. The molecule has 1 aromatic heterocycles. The zero-order chi connectivity index (χ0) is 23.4. The molecule has 172 valence electrons. The Labute approximate surface area is 192 Å². The number of para-hydroxylation sites is 1. The average Bonchev–Trinajstić information content (AvgIpc) is 3.30. The molecule has 0 radical (unpaired) electrons. The number of rotatable bonds is 7. The fourth-order valence-corrected chi connectivity index (χ4v) is 4.17. The number of H-pyrrole nitrogens is 1. The Morgan fingerprint density at radius 2 is 1.82 bits per heavy atom. The van der Waals surface area contributed by atoms with Crippen LogP contribution in [-0.4, -0.2) is 53.5 Å². The molecule has 1 aliphatic rings. The number of methoxy groups -OCH3 is 1. The molecule has 8 nitrogen and oxygen atoms in total. The zero-order valence-corrected chi connectivity index (χ0v) is 18.8. The molecule has 1 aliphatic heterocycles. The van der Waals surface area contributed by atoms with Gasteiger partial charge in [-0.1, -0.05) is 12.1 Å². The highest BCUT2D eigenvalue weighted by molar-refractivity contribution is 5.97. The van der Waals surface area contributed by atoms with E-state index < -0.39 is 5.91 Å². The van der Waals surface area contributed by atoms with E-state index in [9.17, 15) is 9.59 Å². The van der Waals surface area contributed by atoms with E-state index in [2.05, 4.69) is 4.98 Å². The van der Waals surface area contributed by atoms with Gasteiger partial charge in [-0.2, -0.15) is 0 Å². The van der Waals surface area contributed by atoms with Crippen LogP contribution in [0, 0.1) is 0 Å². The summed E-state index contributed by atoms with van der Waals surface area (Å²) in [6.45, 7) is 3.59. The number of aromatic nitrogens is 2. The van der Waals surface area contributed by atoms with Crippen LogP contribution in [0.5, 0.6) is 11.5 Å². The molecule has 3 N–H and O–H groups in total. The van der Waals surface area contributed by atoms with E-state index in [0.29, 0.717) is 42.4 Å². The lowest BCUT2D eigenvalue weighted by Crippen LogP contribution is -2.38. The Morgan fingerprint density at radius 1 is 1.12 bits per heavy atom. The van der Waals surface area contributed by atoms with Gasteiger partial charge in [0.2, 0.25) is 0 Å². The number of hydrogen-bond acceptors (Lipinski definition) is 5. The highest BCUT2D eigenvalue weighted by Gasteiger charge is 2.29. The molecular weight excluding hydrogens is 420 g/mol. The Bertz CT molecular complexity index is 1130. The second-order valence-corrected chi connectivity index (χ2v) is 7.93. The fourth-order valence-electron chi connectivity index (χ4n) is 4.17. The second-order valence-electron chi connectivity index (χ2n) is 7.93. The SMILES string of the molecule is CCOc1ccccc1C(=O)N1CCC(c2nc(-c3ccc(OC)cc3)c(C(N)=O)[nH]2)CC1. The molecule has 3 aromatic rings. The lowest BCUT2D eigenvalue weighted by Gasteiger charge is -2.31. The molecular formula is C25H28N4O4. The van der Waals surface area contributed by atoms with Crippen molar-refractivity contribution in [3.05, 3.63) is 65.6 Å². The molecule has 0 unspecified atom stereocenters. The molecule has 0 bridgehead atoms. The second kappa shape index (κ2) is 9.77. The number of ether oxygens (including phenoxy) is 2. The fraction of sp³-hybridized carbons (Fsp3) is 0.320. The normalized spacial score (nSPS) is 14.2. The molecule has 1 fully saturated rings. The van der Waals surface area contributed by atoms with E-state index >= 15 is 0 Å². The van der Waals surface area contributed by atoms with Gasteiger partial charge < -0.3 is 25.1 Å². The molecule has 8 heteroatoms. The van der Waals surface area contributed by atoms with E-state index in [4.69, 9.17) is 20.2 Å². The summed E-state index contributed by atoms with van der Waals surface area (Å²) < 4.78 is 10.8. The highest BCUT2D eigenvalue weighted by atomic mass is 16.5. The quantitative estimate of drug-likeness (QED) is 0.574. The van der Waals surface area contributed by atoms with E-state index in [1.807, 2.05) is 54.3 Å². The number of piperidine rings is 1. The van der Waals surface area contributed by atoms with Crippen LogP contribution in [-0.2, 0) is 0 Å². The van der Waals surface area contributed by atoms with Crippen molar-refractivity contribution in [2.24, 2.45) is 5.73 Å². The van der Waals surface area contributed by atoms with Crippen molar-refractivity contribution in [2.75, 3.05) is 26.8 Å². The van der Waals surface area contributed by atoms with Gasteiger partial charge in [0.1, 0.15) is 28.7 Å². The van der Waals surface area contributed by atoms with Crippen LogP contribution >= 0.6 is 0 Å². The van der Waals surface area contributed by atoms with Crippen molar-refractivity contribution in [1.29, 1.82) is 0 Å². The summed E-state index contributed by atoms with van der Waals surface area (Å²) in [5, 5.41) is 0. The van der Waals surface area contributed by atoms with Gasteiger partial charge in [-0.05, 0) is 56.2 Å². The van der Waals surface area contributed by atoms with E-state index in [0.717, 1.165) is 30.0 Å². The number of carbonyl (C=O) groups is 2. The number of amides is 2. The van der Waals surface area contributed by atoms with Crippen LogP contribution in [0.4, 0.5) is 0 Å². The Balaban J connectivity index is 1.50. The predicted molar refractivity (Wildman–Crippen MR) is 125 cm³/mol. The summed E-state index contributed by atoms with van der Waals surface area (Å²) in [6, 6.07) is 14.7. The van der Waals surface area contributed by atoms with Crippen LogP contribution in [0.1, 0.15) is 52.4 Å². The molecule has 2 aromatic carbocycles. The van der Waals surface area contributed by atoms with Crippen molar-refractivity contribution in [2.45, 2.75) is 25.7 Å². The minimum atomic E-state index is -0.556. The maximum atomic E-state index is 13.1. The summed E-state index contributed by atoms with van der Waals surface area (Å²) in [6.07, 6.45) is 1.46. The maximum absolute atomic E-state index is 13.1. The molecule has 1 saturated heterocycles. The van der Waals surface area contributed by atoms with Crippen LogP contribution in [0.15, 0.2) is 48.5 Å². The number of nitrogens with two attached hydrogens (primary N) is 1. The first-order chi connectivity index (χ1) is 16.0. The van der Waals surface area contributed by atoms with Gasteiger partial charge in [-0.25, -0.2) is 4.98 Å². The summed E-state index contributed by atoms with van der Waals surface area (Å²) in [4.78, 5) is 34.8. The van der Waals surface area contributed by atoms with E-state index in [-0.39, 0.29) is 11.8 Å². The molecule has 33 heavy (non-hydrogen) atoms. The van der Waals surface area contributed by atoms with Crippen molar-refractivity contribution >= 4 is 11.8 Å². The number of imidazole rings is 1. The number of benzene rings is 2. The number of nitrogens with zero attached hydrogens (tertiary/aromatic N) is 2. The lowest BCUT2D eigenvalue weighted by atomic mass is 9.95. The number of primary amides is 1. The molecule has 0 saturated carbocycles. The summed E-state index contributed by atoms with van der Waals surface area (Å²) in [7, 11) is 1.60. The number of hydrogen-bond donors (Lipinski definition) is 2. The number of aromatic amines is 1. The molecule has 0 aliphatic carbocycles. The Kier molecular flexibility index (Phi) is 6.63. The van der Waals surface area contributed by atoms with Gasteiger partial charge >= 0.3 is 0 Å². The van der Waals surface area contributed by atoms with Gasteiger partial charge in [-0.15, -0.1) is 0 Å². The third kappa shape index (κ3) is 4.69. The monoisotopic (exact) mass is 448 g/mol. The molecule has 2 heterocycles. The van der Waals surface area contributed by atoms with E-state index in [1.54, 1.807) is 13.2 Å². The largest absolute Gasteiger partial charge is 0.497 e. The van der Waals surface area contributed by atoms with E-state index in [1.165, 1.54) is 0 Å². The zero-order valence-electron chi connectivity index (χ0n) is 18.8. The molecule has 0 spiro atoms. The third-order valence-electron chi connectivity index (χ3n) is 5.92. The van der Waals surface area contributed by atoms with Crippen LogP contribution in [0.25, 0.3) is 11.3 Å². The van der Waals surface area contributed by atoms with Gasteiger partial charge in [0, 0.05) is 24.6 Å². The molecule has 4 rings (SSSR count). The number of likely N-dealkylation sites (tertiary alicyclic amines) is 1. The Hall–Kier alpha value is -3.81. The first kappa shape index (κ1) is 22.4. The van der Waals surface area contributed by atoms with Crippen LogP contribution in [0.3, 0.4) is 0 Å². The van der Waals surface area contributed by atoms with Crippen molar-refractivity contribution in [3.63, 3.8) is 0 Å². The van der Waals surface area contributed by atoms with Crippen molar-refractivity contribution in [1.82, 2.24) is 14.9 Å². The predicted octanol–water partition coefficient (Wildman–Crippen LogP) is 3.60. The maximum Gasteiger partial charge on any atom is 0.267 e. The first-order valence-electron chi connectivity index (χ1n) is 11.1. The van der Waals surface area contributed by atoms with Crippen molar-refractivity contribution in [3.8, 4) is 22.8 Å². The van der Waals surface area contributed by atoms with Gasteiger partial charge in [-0.3, -0.25) is 9.59 Å².